The Morgan fingerprint density at radius 3 is 2.42 bits per heavy atom. The molecule has 132 valence electrons. The molecule has 6 heteroatoms. The Bertz CT molecular complexity index is 822. The predicted molar refractivity (Wildman–Crippen MR) is 98.0 cm³/mol. The third-order valence-corrected chi connectivity index (χ3v) is 3.41. The van der Waals surface area contributed by atoms with Gasteiger partial charge >= 0.3 is 5.97 Å². The first-order valence-corrected chi connectivity index (χ1v) is 8.10. The topological polar surface area (TPSA) is 91.2 Å². The maximum atomic E-state index is 12.2. The van der Waals surface area contributed by atoms with Gasteiger partial charge in [0.15, 0.2) is 0 Å². The molecular weight excluding hydrogens is 330 g/mol. The van der Waals surface area contributed by atoms with Gasteiger partial charge in [0, 0.05) is 18.4 Å². The number of nitrogens with one attached hydrogen (secondary N) is 2. The van der Waals surface area contributed by atoms with Gasteiger partial charge in [0.2, 0.25) is 0 Å². The van der Waals surface area contributed by atoms with Gasteiger partial charge in [-0.3, -0.25) is 4.79 Å². The lowest BCUT2D eigenvalue weighted by molar-refractivity contribution is -0.112. The van der Waals surface area contributed by atoms with E-state index >= 15 is 0 Å². The number of rotatable bonds is 7. The SMILES string of the molecule is CCOC(=O)c1ccc(NC(=O)/C(C#N)=C\NCc2ccccc2)cc1. The normalized spacial score (nSPS) is 10.5. The van der Waals surface area contributed by atoms with Crippen molar-refractivity contribution in [3.63, 3.8) is 0 Å². The quantitative estimate of drug-likeness (QED) is 0.455. The Morgan fingerprint density at radius 1 is 1.12 bits per heavy atom. The number of carbonyl (C=O) groups is 2. The van der Waals surface area contributed by atoms with E-state index in [1.165, 1.54) is 6.20 Å². The van der Waals surface area contributed by atoms with Crippen molar-refractivity contribution in [1.29, 1.82) is 5.26 Å². The molecule has 6 nitrogen and oxygen atoms in total. The molecule has 0 spiro atoms. The average Bonchev–Trinajstić information content (AvgIpc) is 2.66. The van der Waals surface area contributed by atoms with Crippen LogP contribution in [0.25, 0.3) is 0 Å². The number of nitrogens with zero attached hydrogens (tertiary/aromatic N) is 1. The summed E-state index contributed by atoms with van der Waals surface area (Å²) in [5.74, 6) is -0.954. The van der Waals surface area contributed by atoms with Crippen LogP contribution in [0.3, 0.4) is 0 Å². The molecule has 2 N–H and O–H groups in total. The van der Waals surface area contributed by atoms with E-state index in [9.17, 15) is 9.59 Å². The number of nitriles is 1. The summed E-state index contributed by atoms with van der Waals surface area (Å²) in [5.41, 5.74) is 1.86. The lowest BCUT2D eigenvalue weighted by atomic mass is 10.2. The van der Waals surface area contributed by atoms with E-state index in [1.54, 1.807) is 31.2 Å². The molecule has 0 saturated carbocycles. The zero-order chi connectivity index (χ0) is 18.8. The molecule has 0 saturated heterocycles. The first-order chi connectivity index (χ1) is 12.6. The van der Waals surface area contributed by atoms with Crippen LogP contribution in [0.4, 0.5) is 5.69 Å². The van der Waals surface area contributed by atoms with Crippen LogP contribution in [0.1, 0.15) is 22.8 Å². The molecule has 0 aliphatic carbocycles. The van der Waals surface area contributed by atoms with E-state index in [4.69, 9.17) is 10.00 Å². The molecule has 0 atom stereocenters. The summed E-state index contributed by atoms with van der Waals surface area (Å²) >= 11 is 0. The molecule has 26 heavy (non-hydrogen) atoms. The van der Waals surface area contributed by atoms with Crippen molar-refractivity contribution >= 4 is 17.6 Å². The zero-order valence-corrected chi connectivity index (χ0v) is 14.4. The van der Waals surface area contributed by atoms with Crippen molar-refractivity contribution in [2.75, 3.05) is 11.9 Å². The number of hydrogen-bond acceptors (Lipinski definition) is 5. The second-order valence-electron chi connectivity index (χ2n) is 5.29. The standard InChI is InChI=1S/C20H19N3O3/c1-2-26-20(25)16-8-10-18(11-9-16)23-19(24)17(12-21)14-22-13-15-6-4-3-5-7-15/h3-11,14,22H,2,13H2,1H3,(H,23,24)/b17-14-. The fraction of sp³-hybridized carbons (Fsp3) is 0.150. The van der Waals surface area contributed by atoms with Crippen molar-refractivity contribution in [3.8, 4) is 6.07 Å². The molecule has 0 unspecified atom stereocenters. The lowest BCUT2D eigenvalue weighted by Gasteiger charge is -2.06. The minimum Gasteiger partial charge on any atom is -0.462 e. The minimum atomic E-state index is -0.531. The first-order valence-electron chi connectivity index (χ1n) is 8.10. The van der Waals surface area contributed by atoms with Crippen LogP contribution in [-0.2, 0) is 16.1 Å². The van der Waals surface area contributed by atoms with E-state index < -0.39 is 11.9 Å². The van der Waals surface area contributed by atoms with Crippen molar-refractivity contribution in [2.24, 2.45) is 0 Å². The Labute approximate surface area is 152 Å². The fourth-order valence-corrected chi connectivity index (χ4v) is 2.12. The van der Waals surface area contributed by atoms with E-state index in [0.717, 1.165) is 5.56 Å². The van der Waals surface area contributed by atoms with Gasteiger partial charge < -0.3 is 15.4 Å². The molecule has 2 aromatic rings. The van der Waals surface area contributed by atoms with Gasteiger partial charge in [-0.1, -0.05) is 30.3 Å². The number of benzene rings is 2. The summed E-state index contributed by atoms with van der Waals surface area (Å²) in [6.07, 6.45) is 1.38. The monoisotopic (exact) mass is 349 g/mol. The second-order valence-corrected chi connectivity index (χ2v) is 5.29. The van der Waals surface area contributed by atoms with Crippen LogP contribution < -0.4 is 10.6 Å². The van der Waals surface area contributed by atoms with Crippen LogP contribution in [0.2, 0.25) is 0 Å². The van der Waals surface area contributed by atoms with Gasteiger partial charge in [0.25, 0.3) is 5.91 Å². The van der Waals surface area contributed by atoms with Crippen LogP contribution >= 0.6 is 0 Å². The fourth-order valence-electron chi connectivity index (χ4n) is 2.12. The van der Waals surface area contributed by atoms with Gasteiger partial charge in [0.05, 0.1) is 12.2 Å². The zero-order valence-electron chi connectivity index (χ0n) is 14.4. The first kappa shape index (κ1) is 18.7. The number of ether oxygens (including phenoxy) is 1. The number of esters is 1. The van der Waals surface area contributed by atoms with Crippen LogP contribution in [0.15, 0.2) is 66.4 Å². The molecule has 0 bridgehead atoms. The molecule has 0 aliphatic rings. The molecular formula is C20H19N3O3. The molecule has 0 aliphatic heterocycles. The highest BCUT2D eigenvalue weighted by atomic mass is 16.5. The Kier molecular flexibility index (Phi) is 6.95. The summed E-state index contributed by atoms with van der Waals surface area (Å²) < 4.78 is 4.90. The van der Waals surface area contributed by atoms with Gasteiger partial charge in [-0.05, 0) is 36.8 Å². The van der Waals surface area contributed by atoms with Crippen LogP contribution in [-0.4, -0.2) is 18.5 Å². The summed E-state index contributed by atoms with van der Waals surface area (Å²) in [5, 5.41) is 14.7. The molecule has 1 amide bonds. The van der Waals surface area contributed by atoms with Crippen molar-refractivity contribution in [3.05, 3.63) is 77.5 Å². The molecule has 0 fully saturated rings. The smallest absolute Gasteiger partial charge is 0.338 e. The Hall–Kier alpha value is -3.59. The van der Waals surface area contributed by atoms with Crippen molar-refractivity contribution < 1.29 is 14.3 Å². The summed E-state index contributed by atoms with van der Waals surface area (Å²) in [4.78, 5) is 23.8. The molecule has 0 heterocycles. The van der Waals surface area contributed by atoms with Gasteiger partial charge in [-0.25, -0.2) is 4.79 Å². The largest absolute Gasteiger partial charge is 0.462 e. The molecule has 2 aromatic carbocycles. The third-order valence-electron chi connectivity index (χ3n) is 3.41. The predicted octanol–water partition coefficient (Wildman–Crippen LogP) is 3.00. The van der Waals surface area contributed by atoms with Gasteiger partial charge in [-0.15, -0.1) is 0 Å². The minimum absolute atomic E-state index is 0.0459. The Balaban J connectivity index is 1.95. The molecule has 0 radical (unpaired) electrons. The van der Waals surface area contributed by atoms with E-state index in [1.807, 2.05) is 36.4 Å². The van der Waals surface area contributed by atoms with Crippen LogP contribution in [0, 0.1) is 11.3 Å². The summed E-state index contributed by atoms with van der Waals surface area (Å²) in [7, 11) is 0. The number of carbonyl (C=O) groups excluding carboxylic acids is 2. The highest BCUT2D eigenvalue weighted by Gasteiger charge is 2.10. The lowest BCUT2D eigenvalue weighted by Crippen LogP contribution is -2.16. The number of hydrogen-bond donors (Lipinski definition) is 2. The third kappa shape index (κ3) is 5.49. The average molecular weight is 349 g/mol. The van der Waals surface area contributed by atoms with Gasteiger partial charge in [0.1, 0.15) is 11.6 Å². The van der Waals surface area contributed by atoms with Crippen molar-refractivity contribution in [2.45, 2.75) is 13.5 Å². The second kappa shape index (κ2) is 9.64. The summed E-state index contributed by atoms with van der Waals surface area (Å²) in [6.45, 7) is 2.53. The number of anilines is 1. The van der Waals surface area contributed by atoms with Crippen LogP contribution in [0.5, 0.6) is 0 Å². The Morgan fingerprint density at radius 2 is 1.81 bits per heavy atom. The highest BCUT2D eigenvalue weighted by Crippen LogP contribution is 2.12. The van der Waals surface area contributed by atoms with E-state index in [2.05, 4.69) is 10.6 Å². The maximum absolute atomic E-state index is 12.2. The summed E-state index contributed by atoms with van der Waals surface area (Å²) in [6, 6.07) is 17.8. The van der Waals surface area contributed by atoms with Crippen molar-refractivity contribution in [1.82, 2.24) is 5.32 Å². The number of amides is 1. The molecule has 2 rings (SSSR count). The van der Waals surface area contributed by atoms with Gasteiger partial charge in [-0.2, -0.15) is 5.26 Å². The maximum Gasteiger partial charge on any atom is 0.338 e. The molecule has 0 aromatic heterocycles. The van der Waals surface area contributed by atoms with E-state index in [-0.39, 0.29) is 5.57 Å². The van der Waals surface area contributed by atoms with E-state index in [0.29, 0.717) is 24.4 Å². The highest BCUT2D eigenvalue weighted by molar-refractivity contribution is 6.06.